The lowest BCUT2D eigenvalue weighted by molar-refractivity contribution is -0.137. The summed E-state index contributed by atoms with van der Waals surface area (Å²) in [6.07, 6.45) is 1.17. The molecule has 0 heterocycles. The lowest BCUT2D eigenvalue weighted by atomic mass is 10.2. The van der Waals surface area contributed by atoms with E-state index < -0.39 is 11.8 Å². The first-order valence-electron chi connectivity index (χ1n) is 5.45. The van der Waals surface area contributed by atoms with Crippen LogP contribution in [0.4, 0.5) is 10.1 Å². The van der Waals surface area contributed by atoms with Crippen LogP contribution >= 0.6 is 11.6 Å². The van der Waals surface area contributed by atoms with Crippen molar-refractivity contribution in [2.24, 2.45) is 0 Å². The van der Waals surface area contributed by atoms with E-state index in [0.717, 1.165) is 6.07 Å². The Bertz CT molecular complexity index is 451. The van der Waals surface area contributed by atoms with Crippen molar-refractivity contribution in [2.75, 3.05) is 5.32 Å². The molecule has 0 spiro atoms. The molecule has 0 unspecified atom stereocenters. The molecule has 98 valence electrons. The van der Waals surface area contributed by atoms with E-state index in [2.05, 4.69) is 5.32 Å². The third-order valence-corrected chi connectivity index (χ3v) is 2.55. The second-order valence-electron chi connectivity index (χ2n) is 3.78. The minimum Gasteiger partial charge on any atom is -0.481 e. The molecule has 0 aromatic heterocycles. The molecule has 4 nitrogen and oxygen atoms in total. The van der Waals surface area contributed by atoms with E-state index in [1.165, 1.54) is 12.1 Å². The van der Waals surface area contributed by atoms with Crippen molar-refractivity contribution in [1.82, 2.24) is 0 Å². The number of aliphatic carboxylic acids is 1. The molecule has 0 saturated heterocycles. The van der Waals surface area contributed by atoms with Gasteiger partial charge in [0.25, 0.3) is 0 Å². The maximum atomic E-state index is 13.1. The number of hydrogen-bond acceptors (Lipinski definition) is 2. The van der Waals surface area contributed by atoms with Gasteiger partial charge in [0.1, 0.15) is 5.82 Å². The van der Waals surface area contributed by atoms with Gasteiger partial charge < -0.3 is 10.4 Å². The predicted molar refractivity (Wildman–Crippen MR) is 66.1 cm³/mol. The van der Waals surface area contributed by atoms with Crippen molar-refractivity contribution in [3.8, 4) is 0 Å². The van der Waals surface area contributed by atoms with Crippen molar-refractivity contribution in [1.29, 1.82) is 0 Å². The number of carbonyl (C=O) groups excluding carboxylic acids is 1. The highest BCUT2D eigenvalue weighted by atomic mass is 35.5. The first-order valence-corrected chi connectivity index (χ1v) is 5.83. The fraction of sp³-hybridized carbons (Fsp3) is 0.333. The van der Waals surface area contributed by atoms with Gasteiger partial charge in [0.05, 0.1) is 5.02 Å². The largest absolute Gasteiger partial charge is 0.481 e. The Balaban J connectivity index is 2.35. The lowest BCUT2D eigenvalue weighted by Crippen LogP contribution is -2.11. The van der Waals surface area contributed by atoms with E-state index >= 15 is 0 Å². The highest BCUT2D eigenvalue weighted by Gasteiger charge is 2.06. The first kappa shape index (κ1) is 14.4. The smallest absolute Gasteiger partial charge is 0.303 e. The number of rotatable bonds is 6. The van der Waals surface area contributed by atoms with Crippen LogP contribution in [0.15, 0.2) is 18.2 Å². The molecule has 18 heavy (non-hydrogen) atoms. The van der Waals surface area contributed by atoms with Crippen LogP contribution < -0.4 is 5.32 Å². The summed E-state index contributed by atoms with van der Waals surface area (Å²) in [5, 5.41) is 10.9. The van der Waals surface area contributed by atoms with Crippen LogP contribution in [0.2, 0.25) is 5.02 Å². The molecule has 1 aromatic carbocycles. The Morgan fingerprint density at radius 1 is 1.28 bits per heavy atom. The van der Waals surface area contributed by atoms with Crippen molar-refractivity contribution in [3.05, 3.63) is 29.0 Å². The fourth-order valence-electron chi connectivity index (χ4n) is 1.36. The molecule has 6 heteroatoms. The van der Waals surface area contributed by atoms with Crippen LogP contribution in [-0.4, -0.2) is 17.0 Å². The minimum atomic E-state index is -0.879. The Kier molecular flexibility index (Phi) is 5.58. The van der Waals surface area contributed by atoms with Gasteiger partial charge in [-0.2, -0.15) is 0 Å². The topological polar surface area (TPSA) is 66.4 Å². The number of carbonyl (C=O) groups is 2. The number of halogens is 2. The number of anilines is 1. The molecule has 0 saturated carbocycles. The van der Waals surface area contributed by atoms with Crippen LogP contribution in [0.25, 0.3) is 0 Å². The molecule has 0 aliphatic carbocycles. The molecule has 0 bridgehead atoms. The molecule has 1 rings (SSSR count). The van der Waals surface area contributed by atoms with Gasteiger partial charge >= 0.3 is 5.97 Å². The molecule has 0 aliphatic heterocycles. The van der Waals surface area contributed by atoms with E-state index in [1.54, 1.807) is 0 Å². The Morgan fingerprint density at radius 2 is 1.94 bits per heavy atom. The van der Waals surface area contributed by atoms with Gasteiger partial charge in [-0.15, -0.1) is 0 Å². The molecular weight excluding hydrogens is 261 g/mol. The van der Waals surface area contributed by atoms with Crippen molar-refractivity contribution in [2.45, 2.75) is 25.7 Å². The van der Waals surface area contributed by atoms with Crippen LogP contribution in [0.1, 0.15) is 25.7 Å². The quantitative estimate of drug-likeness (QED) is 0.783. The van der Waals surface area contributed by atoms with Crippen molar-refractivity contribution < 1.29 is 19.1 Å². The highest BCUT2D eigenvalue weighted by Crippen LogP contribution is 2.18. The third kappa shape index (κ3) is 5.14. The van der Waals surface area contributed by atoms with Gasteiger partial charge in [-0.05, 0) is 31.0 Å². The number of unbranched alkanes of at least 4 members (excludes halogenated alkanes) is 1. The van der Waals surface area contributed by atoms with Gasteiger partial charge in [-0.3, -0.25) is 9.59 Å². The second kappa shape index (κ2) is 6.96. The van der Waals surface area contributed by atoms with Crippen molar-refractivity contribution in [3.63, 3.8) is 0 Å². The van der Waals surface area contributed by atoms with Gasteiger partial charge in [0, 0.05) is 18.5 Å². The van der Waals surface area contributed by atoms with Crippen LogP contribution in [0, 0.1) is 5.82 Å². The number of carboxylic acid groups (broad SMARTS) is 1. The summed E-state index contributed by atoms with van der Waals surface area (Å²) in [6, 6.07) is 4.00. The average molecular weight is 274 g/mol. The van der Waals surface area contributed by atoms with E-state index in [0.29, 0.717) is 18.5 Å². The van der Waals surface area contributed by atoms with E-state index in [-0.39, 0.29) is 23.8 Å². The molecule has 0 atom stereocenters. The number of hydrogen-bond donors (Lipinski definition) is 2. The zero-order valence-electron chi connectivity index (χ0n) is 9.58. The maximum absolute atomic E-state index is 13.1. The van der Waals surface area contributed by atoms with Gasteiger partial charge in [0.15, 0.2) is 0 Å². The van der Waals surface area contributed by atoms with E-state index in [1.807, 2.05) is 0 Å². The fourth-order valence-corrected chi connectivity index (χ4v) is 1.48. The maximum Gasteiger partial charge on any atom is 0.303 e. The Morgan fingerprint density at radius 3 is 2.56 bits per heavy atom. The zero-order valence-corrected chi connectivity index (χ0v) is 10.3. The SMILES string of the molecule is O=C(O)CCCCC(=O)Nc1ccc(Cl)c(F)c1. The van der Waals surface area contributed by atoms with Crippen LogP contribution in [0.3, 0.4) is 0 Å². The summed E-state index contributed by atoms with van der Waals surface area (Å²) in [7, 11) is 0. The highest BCUT2D eigenvalue weighted by molar-refractivity contribution is 6.30. The average Bonchev–Trinajstić information content (AvgIpc) is 2.29. The predicted octanol–water partition coefficient (Wildman–Crippen LogP) is 3.06. The minimum absolute atomic E-state index is 0.00513. The molecule has 0 aliphatic rings. The van der Waals surface area contributed by atoms with E-state index in [4.69, 9.17) is 16.7 Å². The van der Waals surface area contributed by atoms with Gasteiger partial charge in [0.2, 0.25) is 5.91 Å². The summed E-state index contributed by atoms with van der Waals surface area (Å²) in [5.74, 6) is -1.75. The number of benzene rings is 1. The number of carboxylic acids is 1. The van der Waals surface area contributed by atoms with E-state index in [9.17, 15) is 14.0 Å². The zero-order chi connectivity index (χ0) is 13.5. The summed E-state index contributed by atoms with van der Waals surface area (Å²) in [5.41, 5.74) is 0.333. The Hall–Kier alpha value is -1.62. The molecule has 1 amide bonds. The van der Waals surface area contributed by atoms with Crippen LogP contribution in [-0.2, 0) is 9.59 Å². The van der Waals surface area contributed by atoms with Gasteiger partial charge in [-0.1, -0.05) is 11.6 Å². The molecule has 1 aromatic rings. The summed E-state index contributed by atoms with van der Waals surface area (Å²) in [4.78, 5) is 21.7. The molecule has 0 fully saturated rings. The third-order valence-electron chi connectivity index (χ3n) is 2.25. The summed E-state index contributed by atoms with van der Waals surface area (Å²) in [6.45, 7) is 0. The monoisotopic (exact) mass is 273 g/mol. The second-order valence-corrected chi connectivity index (χ2v) is 4.19. The Labute approximate surface area is 109 Å². The lowest BCUT2D eigenvalue weighted by Gasteiger charge is -2.05. The van der Waals surface area contributed by atoms with Crippen molar-refractivity contribution >= 4 is 29.2 Å². The van der Waals surface area contributed by atoms with Crippen LogP contribution in [0.5, 0.6) is 0 Å². The molecule has 2 N–H and O–H groups in total. The summed E-state index contributed by atoms with van der Waals surface area (Å²) < 4.78 is 13.1. The number of nitrogens with one attached hydrogen (secondary N) is 1. The standard InChI is InChI=1S/C12H13ClFNO3/c13-9-6-5-8(7-10(9)14)15-11(16)3-1-2-4-12(17)18/h5-7H,1-4H2,(H,15,16)(H,17,18). The molecule has 0 radical (unpaired) electrons. The van der Waals surface area contributed by atoms with Gasteiger partial charge in [-0.25, -0.2) is 4.39 Å². The molecular formula is C12H13ClFNO3. The normalized spacial score (nSPS) is 10.1. The number of amides is 1. The summed E-state index contributed by atoms with van der Waals surface area (Å²) >= 11 is 5.51. The first-order chi connectivity index (χ1) is 8.49.